The molecule has 2 aliphatic heterocycles. The number of carbonyl (C=O) groups is 4. The van der Waals surface area contributed by atoms with Gasteiger partial charge in [0.15, 0.2) is 21.2 Å². The predicted molar refractivity (Wildman–Crippen MR) is 188 cm³/mol. The number of alkyl halides is 2. The number of anilines is 1. The van der Waals surface area contributed by atoms with Gasteiger partial charge >= 0.3 is 0 Å². The number of rotatable bonds is 7. The molecule has 12 heteroatoms. The first-order chi connectivity index (χ1) is 23.9. The normalized spacial score (nSPS) is 28.8. The number of benzene rings is 3. The maximum absolute atomic E-state index is 14.3. The Bertz CT molecular complexity index is 2010. The second-order valence-corrected chi connectivity index (χ2v) is 14.2. The molecule has 3 aromatic carbocycles. The van der Waals surface area contributed by atoms with Crippen LogP contribution in [0.5, 0.6) is 23.0 Å². The number of ether oxygens (including phenoxy) is 3. The largest absolute Gasteiger partial charge is 0.504 e. The number of phenols is 1. The van der Waals surface area contributed by atoms with Crippen molar-refractivity contribution in [1.29, 1.82) is 0 Å². The van der Waals surface area contributed by atoms with Gasteiger partial charge in [0.1, 0.15) is 11.5 Å². The topological polar surface area (TPSA) is 123 Å². The molecule has 0 radical (unpaired) electrons. The Morgan fingerprint density at radius 1 is 0.820 bits per heavy atom. The summed E-state index contributed by atoms with van der Waals surface area (Å²) in [5.41, 5.74) is 3.12. The fourth-order valence-electron chi connectivity index (χ4n) is 8.15. The highest BCUT2D eigenvalue weighted by Crippen LogP contribution is 2.65. The van der Waals surface area contributed by atoms with Crippen molar-refractivity contribution >= 4 is 64.7 Å². The molecule has 2 aliphatic carbocycles. The van der Waals surface area contributed by atoms with Crippen LogP contribution >= 0.6 is 23.2 Å². The second-order valence-electron chi connectivity index (χ2n) is 13.0. The van der Waals surface area contributed by atoms with E-state index in [0.29, 0.717) is 28.3 Å². The molecular weight excluding hydrogens is 683 g/mol. The summed E-state index contributed by atoms with van der Waals surface area (Å²) in [5.74, 6) is -3.94. The van der Waals surface area contributed by atoms with E-state index in [9.17, 15) is 24.3 Å². The number of allylic oxidation sites excluding steroid dienone is 2. The molecule has 6 unspecified atom stereocenters. The van der Waals surface area contributed by atoms with Crippen molar-refractivity contribution in [2.75, 3.05) is 33.3 Å². The molecule has 7 rings (SSSR count). The van der Waals surface area contributed by atoms with Crippen molar-refractivity contribution in [2.24, 2.45) is 17.8 Å². The van der Waals surface area contributed by atoms with Crippen LogP contribution in [0.1, 0.15) is 35.4 Å². The van der Waals surface area contributed by atoms with E-state index in [1.807, 2.05) is 48.6 Å². The van der Waals surface area contributed by atoms with Crippen LogP contribution in [0.25, 0.3) is 12.2 Å². The van der Waals surface area contributed by atoms with Crippen LogP contribution in [0, 0.1) is 17.8 Å². The van der Waals surface area contributed by atoms with Crippen LogP contribution in [0.2, 0.25) is 0 Å². The lowest BCUT2D eigenvalue weighted by atomic mass is 9.56. The summed E-state index contributed by atoms with van der Waals surface area (Å²) in [6, 6.07) is 17.2. The van der Waals surface area contributed by atoms with Crippen LogP contribution < -0.4 is 19.1 Å². The first kappa shape index (κ1) is 33.7. The van der Waals surface area contributed by atoms with E-state index in [2.05, 4.69) is 0 Å². The molecule has 0 spiro atoms. The molecule has 3 fully saturated rings. The molecule has 6 atom stereocenters. The molecule has 1 N–H and O–H groups in total. The Morgan fingerprint density at radius 3 is 2.18 bits per heavy atom. The number of carbonyl (C=O) groups excluding carboxylic acids is 4. The molecule has 1 saturated carbocycles. The highest BCUT2D eigenvalue weighted by atomic mass is 35.5. The maximum Gasteiger partial charge on any atom is 0.253 e. The van der Waals surface area contributed by atoms with Gasteiger partial charge < -0.3 is 19.3 Å². The molecule has 4 aliphatic rings. The molecule has 4 amide bonds. The van der Waals surface area contributed by atoms with Gasteiger partial charge in [-0.15, -0.1) is 23.2 Å². The number of imide groups is 2. The van der Waals surface area contributed by atoms with Gasteiger partial charge in [-0.25, -0.2) is 0 Å². The van der Waals surface area contributed by atoms with E-state index in [1.165, 1.54) is 25.1 Å². The molecule has 10 nitrogen and oxygen atoms in total. The summed E-state index contributed by atoms with van der Waals surface area (Å²) < 4.78 is 16.0. The quantitative estimate of drug-likeness (QED) is 0.141. The van der Waals surface area contributed by atoms with Crippen LogP contribution in [0.3, 0.4) is 0 Å². The van der Waals surface area contributed by atoms with E-state index in [-0.39, 0.29) is 30.2 Å². The average Bonchev–Trinajstić information content (AvgIpc) is 3.45. The van der Waals surface area contributed by atoms with E-state index < -0.39 is 51.1 Å². The zero-order valence-electron chi connectivity index (χ0n) is 27.7. The van der Waals surface area contributed by atoms with Gasteiger partial charge in [0.25, 0.3) is 11.8 Å². The fourth-order valence-corrected chi connectivity index (χ4v) is 9.17. The number of nitrogens with zero attached hydrogens (tertiary/aromatic N) is 2. The van der Waals surface area contributed by atoms with Gasteiger partial charge in [0, 0.05) is 18.5 Å². The van der Waals surface area contributed by atoms with E-state index in [1.54, 1.807) is 38.5 Å². The van der Waals surface area contributed by atoms with Crippen molar-refractivity contribution in [1.82, 2.24) is 4.90 Å². The Hall–Kier alpha value is -4.80. The molecule has 2 saturated heterocycles. The van der Waals surface area contributed by atoms with Crippen LogP contribution in [-0.2, 0) is 19.2 Å². The van der Waals surface area contributed by atoms with Gasteiger partial charge in [-0.2, -0.15) is 0 Å². The third kappa shape index (κ3) is 4.75. The first-order valence-electron chi connectivity index (χ1n) is 16.0. The number of phenolic OH excluding ortho intramolecular Hbond substituents is 1. The third-order valence-electron chi connectivity index (χ3n) is 10.6. The van der Waals surface area contributed by atoms with Crippen molar-refractivity contribution in [2.45, 2.75) is 28.5 Å². The molecule has 258 valence electrons. The molecule has 0 aromatic heterocycles. The summed E-state index contributed by atoms with van der Waals surface area (Å²) in [7, 11) is 5.93. The minimum atomic E-state index is -1.94. The molecule has 3 aromatic rings. The summed E-state index contributed by atoms with van der Waals surface area (Å²) in [6.45, 7) is 0. The zero-order valence-corrected chi connectivity index (χ0v) is 29.2. The third-order valence-corrected chi connectivity index (χ3v) is 12.0. The number of aromatic hydroxyl groups is 1. The van der Waals surface area contributed by atoms with Gasteiger partial charge in [0.05, 0.1) is 38.9 Å². The van der Waals surface area contributed by atoms with E-state index in [4.69, 9.17) is 37.4 Å². The Balaban J connectivity index is 1.23. The van der Waals surface area contributed by atoms with E-state index in [0.717, 1.165) is 16.0 Å². The smallest absolute Gasteiger partial charge is 0.253 e. The standard InChI is InChI=1S/C38H34Cl2N2O8/c1-41-35(46)37(39)19-27-25(32(38(37,40)36(41)47)22-9-15-30(50-4)28(43)18-22)13-14-26-31(27)34(45)42(33(26)44)23-10-6-20(7-11-23)5-8-21-17-24(48-2)12-16-29(21)49-3/h5-13,15-18,26-27,31-32,43H,14,19H2,1-4H3. The van der Waals surface area contributed by atoms with Gasteiger partial charge in [-0.3, -0.25) is 29.0 Å². The molecule has 0 bridgehead atoms. The lowest BCUT2D eigenvalue weighted by Gasteiger charge is -2.50. The fraction of sp³-hybridized carbons (Fsp3) is 0.316. The van der Waals surface area contributed by atoms with E-state index >= 15 is 0 Å². The van der Waals surface area contributed by atoms with Crippen LogP contribution in [-0.4, -0.2) is 71.8 Å². The minimum Gasteiger partial charge on any atom is -0.504 e. The predicted octanol–water partition coefficient (Wildman–Crippen LogP) is 5.78. The number of amides is 4. The van der Waals surface area contributed by atoms with Crippen molar-refractivity contribution < 1.29 is 38.5 Å². The minimum absolute atomic E-state index is 0.122. The lowest BCUT2D eigenvalue weighted by molar-refractivity contribution is -0.138. The van der Waals surface area contributed by atoms with Crippen LogP contribution in [0.15, 0.2) is 72.3 Å². The Labute approximate surface area is 298 Å². The summed E-state index contributed by atoms with van der Waals surface area (Å²) in [4.78, 5) is 54.0. The molecule has 2 heterocycles. The summed E-state index contributed by atoms with van der Waals surface area (Å²) >= 11 is 14.4. The Kier molecular flexibility index (Phi) is 8.22. The SMILES string of the molecule is COc1ccc(OC)c(C=Cc2ccc(N3C(=O)C4CC=C5C(CC6(Cl)C(=O)N(C)C(=O)C6(Cl)C5c5ccc(OC)c(O)c5)C4C3=O)cc2)c1. The first-order valence-corrected chi connectivity index (χ1v) is 16.8. The molecule has 50 heavy (non-hydrogen) atoms. The van der Waals surface area contributed by atoms with Crippen molar-refractivity contribution in [3.05, 3.63) is 89.0 Å². The number of halogens is 2. The summed E-state index contributed by atoms with van der Waals surface area (Å²) in [6.07, 6.45) is 5.73. The average molecular weight is 718 g/mol. The number of hydrogen-bond donors (Lipinski definition) is 1. The Morgan fingerprint density at radius 2 is 1.52 bits per heavy atom. The van der Waals surface area contributed by atoms with Gasteiger partial charge in [-0.1, -0.05) is 42.0 Å². The number of hydrogen-bond acceptors (Lipinski definition) is 8. The molecular formula is C38H34Cl2N2O8. The monoisotopic (exact) mass is 716 g/mol. The number of methoxy groups -OCH3 is 3. The highest BCUT2D eigenvalue weighted by Gasteiger charge is 2.75. The van der Waals surface area contributed by atoms with Gasteiger partial charge in [-0.05, 0) is 72.4 Å². The maximum atomic E-state index is 14.3. The highest BCUT2D eigenvalue weighted by molar-refractivity contribution is 6.53. The lowest BCUT2D eigenvalue weighted by Crippen LogP contribution is -2.60. The summed E-state index contributed by atoms with van der Waals surface area (Å²) in [5, 5.41) is 10.7. The second kappa shape index (κ2) is 12.2. The number of likely N-dealkylation sites (tertiary alicyclic amines) is 1. The van der Waals surface area contributed by atoms with Crippen molar-refractivity contribution in [3.8, 4) is 23.0 Å². The van der Waals surface area contributed by atoms with Gasteiger partial charge in [0.2, 0.25) is 11.8 Å². The van der Waals surface area contributed by atoms with Crippen LogP contribution in [0.4, 0.5) is 5.69 Å². The van der Waals surface area contributed by atoms with Crippen molar-refractivity contribution in [3.63, 3.8) is 0 Å². The number of fused-ring (bicyclic) bond motifs is 4. The zero-order chi connectivity index (χ0) is 35.7.